The Morgan fingerprint density at radius 2 is 1.71 bits per heavy atom. The fourth-order valence-electron chi connectivity index (χ4n) is 6.99. The predicted molar refractivity (Wildman–Crippen MR) is 172 cm³/mol. The lowest BCUT2D eigenvalue weighted by Gasteiger charge is -2.30. The van der Waals surface area contributed by atoms with E-state index < -0.39 is 29.5 Å². The summed E-state index contributed by atoms with van der Waals surface area (Å²) in [5.41, 5.74) is 5.15. The molecule has 2 amide bonds. The second-order valence-electron chi connectivity index (χ2n) is 12.8. The summed E-state index contributed by atoms with van der Waals surface area (Å²) in [4.78, 5) is 51.7. The van der Waals surface area contributed by atoms with Crippen molar-refractivity contribution in [1.29, 1.82) is 0 Å². The highest BCUT2D eigenvalue weighted by Gasteiger charge is 2.50. The number of amides is 2. The summed E-state index contributed by atoms with van der Waals surface area (Å²) in [7, 11) is 0. The lowest BCUT2D eigenvalue weighted by atomic mass is 9.83. The first-order chi connectivity index (χ1) is 21.2. The number of carbonyl (C=O) groups is 4. The Hall–Kier alpha value is -3.77. The molecule has 0 bridgehead atoms. The number of hydrogen-bond donors (Lipinski definition) is 7. The van der Waals surface area contributed by atoms with Crippen molar-refractivity contribution in [3.8, 4) is 0 Å². The number of aromatic amines is 1. The Labute approximate surface area is 266 Å². The normalized spacial score (nSPS) is 32.6. The van der Waals surface area contributed by atoms with Gasteiger partial charge in [-0.1, -0.05) is 13.0 Å². The molecule has 45 heavy (non-hydrogen) atoms. The molecule has 5 rings (SSSR count). The molecule has 3 fully saturated rings. The molecule has 0 aromatic carbocycles. The number of allylic oxidation sites excluding steroid dienone is 2. The zero-order chi connectivity index (χ0) is 32.8. The molecule has 5 heterocycles. The first kappa shape index (κ1) is 32.6. The number of rotatable bonds is 12. The van der Waals surface area contributed by atoms with Crippen molar-refractivity contribution in [3.63, 3.8) is 0 Å². The summed E-state index contributed by atoms with van der Waals surface area (Å²) in [6, 6.07) is -0.841. The molecule has 2 unspecified atom stereocenters. The molecule has 1 aromatic heterocycles. The number of carboxylic acids is 2. The Balaban J connectivity index is 1.51. The van der Waals surface area contributed by atoms with Crippen LogP contribution >= 0.6 is 11.8 Å². The van der Waals surface area contributed by atoms with E-state index in [0.717, 1.165) is 39.4 Å². The molecular formula is C33H42N4O7S. The lowest BCUT2D eigenvalue weighted by Crippen LogP contribution is -2.46. The zero-order valence-corrected chi connectivity index (χ0v) is 26.8. The van der Waals surface area contributed by atoms with Crippen LogP contribution in [0.15, 0.2) is 35.2 Å². The van der Waals surface area contributed by atoms with E-state index in [9.17, 15) is 34.5 Å². The van der Waals surface area contributed by atoms with Crippen LogP contribution in [-0.4, -0.2) is 72.7 Å². The number of carboxylic acid groups (broad SMARTS) is 2. The van der Waals surface area contributed by atoms with Gasteiger partial charge in [0.2, 0.25) is 11.8 Å². The quantitative estimate of drug-likeness (QED) is 0.134. The maximum atomic E-state index is 12.6. The highest BCUT2D eigenvalue weighted by Crippen LogP contribution is 2.46. The Morgan fingerprint density at radius 3 is 2.31 bits per heavy atom. The van der Waals surface area contributed by atoms with E-state index in [-0.39, 0.29) is 55.4 Å². The van der Waals surface area contributed by atoms with Gasteiger partial charge in [0, 0.05) is 64.5 Å². The monoisotopic (exact) mass is 638 g/mol. The molecule has 7 N–H and O–H groups in total. The highest BCUT2D eigenvalue weighted by atomic mass is 32.2. The van der Waals surface area contributed by atoms with Crippen molar-refractivity contribution in [2.45, 2.75) is 82.7 Å². The van der Waals surface area contributed by atoms with Crippen LogP contribution in [0.1, 0.15) is 69.0 Å². The van der Waals surface area contributed by atoms with E-state index in [2.05, 4.69) is 27.5 Å². The van der Waals surface area contributed by atoms with Crippen LogP contribution in [0.25, 0.3) is 12.2 Å². The van der Waals surface area contributed by atoms with Gasteiger partial charge in [0.05, 0.1) is 17.6 Å². The van der Waals surface area contributed by atoms with Gasteiger partial charge in [-0.3, -0.25) is 19.2 Å². The fourth-order valence-corrected chi connectivity index (χ4v) is 7.90. The molecule has 0 aliphatic carbocycles. The van der Waals surface area contributed by atoms with Crippen molar-refractivity contribution in [2.75, 3.05) is 5.75 Å². The number of hydrogen-bond acceptors (Lipinski definition) is 7. The van der Waals surface area contributed by atoms with Crippen LogP contribution in [0.3, 0.4) is 0 Å². The van der Waals surface area contributed by atoms with E-state index in [1.165, 1.54) is 6.08 Å². The minimum Gasteiger partial charge on any atom is -0.481 e. The fraction of sp³-hybridized carbons (Fsp3) is 0.515. The summed E-state index contributed by atoms with van der Waals surface area (Å²) in [6.45, 7) is 11.1. The molecule has 4 aliphatic rings. The molecule has 0 spiro atoms. The topological polar surface area (TPSA) is 181 Å². The van der Waals surface area contributed by atoms with Crippen LogP contribution in [-0.2, 0) is 25.6 Å². The molecule has 0 saturated carbocycles. The van der Waals surface area contributed by atoms with Crippen LogP contribution in [0, 0.1) is 24.7 Å². The summed E-state index contributed by atoms with van der Waals surface area (Å²) < 4.78 is 0. The second-order valence-corrected chi connectivity index (χ2v) is 14.0. The SMILES string of the molecule is C=CC1C(=O)N[C@H](CC2N/C(=C\c3[nH]c(/C=C4\NC(=O)[C@H](C)[C@H]4[C@@H]4CS4)c(C)c3CCC(=O)O)C(CCC(=O)O)=C2C)[C@]1(C)O. The van der Waals surface area contributed by atoms with E-state index >= 15 is 0 Å². The van der Waals surface area contributed by atoms with Crippen molar-refractivity contribution in [2.24, 2.45) is 17.8 Å². The standard InChI is InChI=1S/C33H42N4O7S/c1-6-20-32(43)37-27(33(20,5)44)13-22-16(3)19(8-10-29(40)41)24(35-22)12-23-18(7-9-28(38)39)15(2)21(34-23)11-25-30(26-14-45-26)17(4)31(42)36-25/h6,11-12,17,20,22,26-27,30,34-35,44H,1,7-10,13-14H2,2-5H3,(H,36,42)(H,37,43)(H,38,39)(H,40,41)/b24-12-,25-11-/t17-,20?,22?,26+,27-,30-,33-/m1/s1. The molecule has 12 heteroatoms. The molecule has 3 saturated heterocycles. The van der Waals surface area contributed by atoms with Gasteiger partial charge in [-0.15, -0.1) is 6.58 Å². The van der Waals surface area contributed by atoms with E-state index in [4.69, 9.17) is 0 Å². The number of aromatic nitrogens is 1. The lowest BCUT2D eigenvalue weighted by molar-refractivity contribution is -0.138. The largest absolute Gasteiger partial charge is 0.481 e. The van der Waals surface area contributed by atoms with Crippen LogP contribution in [0.4, 0.5) is 0 Å². The number of nitrogens with one attached hydrogen (secondary N) is 4. The second kappa shape index (κ2) is 12.6. The summed E-state index contributed by atoms with van der Waals surface area (Å²) in [6.07, 6.45) is 6.07. The predicted octanol–water partition coefficient (Wildman–Crippen LogP) is 3.11. The zero-order valence-electron chi connectivity index (χ0n) is 26.0. The minimum atomic E-state index is -1.35. The summed E-state index contributed by atoms with van der Waals surface area (Å²) >= 11 is 1.83. The number of aliphatic hydroxyl groups is 1. The average Bonchev–Trinajstić information content (AvgIpc) is 3.56. The van der Waals surface area contributed by atoms with Gasteiger partial charge in [-0.2, -0.15) is 11.8 Å². The van der Waals surface area contributed by atoms with Crippen molar-refractivity contribution >= 4 is 47.7 Å². The summed E-state index contributed by atoms with van der Waals surface area (Å²) in [5.74, 6) is -1.91. The van der Waals surface area contributed by atoms with Gasteiger partial charge in [0.25, 0.3) is 0 Å². The van der Waals surface area contributed by atoms with Gasteiger partial charge in [-0.05, 0) is 74.5 Å². The van der Waals surface area contributed by atoms with Gasteiger partial charge >= 0.3 is 11.9 Å². The number of thioether (sulfide) groups is 1. The molecule has 7 atom stereocenters. The smallest absolute Gasteiger partial charge is 0.303 e. The van der Waals surface area contributed by atoms with Crippen LogP contribution < -0.4 is 16.0 Å². The van der Waals surface area contributed by atoms with Crippen molar-refractivity contribution < 1.29 is 34.5 Å². The Morgan fingerprint density at radius 1 is 1.04 bits per heavy atom. The van der Waals surface area contributed by atoms with Gasteiger partial charge in [0.15, 0.2) is 0 Å². The van der Waals surface area contributed by atoms with Gasteiger partial charge in [0.1, 0.15) is 0 Å². The van der Waals surface area contributed by atoms with E-state index in [1.807, 2.05) is 44.7 Å². The van der Waals surface area contributed by atoms with Crippen molar-refractivity contribution in [3.05, 3.63) is 57.7 Å². The molecule has 4 aliphatic heterocycles. The molecule has 0 radical (unpaired) electrons. The minimum absolute atomic E-state index is 0.00174. The summed E-state index contributed by atoms with van der Waals surface area (Å²) in [5, 5.41) is 40.0. The first-order valence-corrected chi connectivity index (χ1v) is 16.4. The van der Waals surface area contributed by atoms with Gasteiger partial charge < -0.3 is 36.3 Å². The molecular weight excluding hydrogens is 596 g/mol. The van der Waals surface area contributed by atoms with E-state index in [1.54, 1.807) is 6.92 Å². The Bertz CT molecular complexity index is 1530. The highest BCUT2D eigenvalue weighted by molar-refractivity contribution is 8.06. The third-order valence-corrected chi connectivity index (χ3v) is 10.9. The maximum Gasteiger partial charge on any atom is 0.303 e. The van der Waals surface area contributed by atoms with Crippen LogP contribution in [0.5, 0.6) is 0 Å². The maximum absolute atomic E-state index is 12.6. The Kier molecular flexibility index (Phi) is 9.10. The third-order valence-electron chi connectivity index (χ3n) is 9.85. The number of carbonyl (C=O) groups excluding carboxylic acids is 2. The van der Waals surface area contributed by atoms with Crippen LogP contribution in [0.2, 0.25) is 0 Å². The molecule has 1 aromatic rings. The van der Waals surface area contributed by atoms with Crippen molar-refractivity contribution in [1.82, 2.24) is 20.9 Å². The number of aliphatic carboxylic acids is 2. The molecule has 242 valence electrons. The number of H-pyrrole nitrogens is 1. The van der Waals surface area contributed by atoms with Gasteiger partial charge in [-0.25, -0.2) is 0 Å². The third kappa shape index (κ3) is 6.48. The first-order valence-electron chi connectivity index (χ1n) is 15.4. The average molecular weight is 639 g/mol. The van der Waals surface area contributed by atoms with E-state index in [0.29, 0.717) is 23.1 Å². The molecule has 11 nitrogen and oxygen atoms in total.